The fourth-order valence-electron chi connectivity index (χ4n) is 1.95. The molecule has 1 aromatic heterocycles. The second-order valence-corrected chi connectivity index (χ2v) is 5.29. The van der Waals surface area contributed by atoms with Crippen LogP contribution >= 0.6 is 0 Å². The Morgan fingerprint density at radius 2 is 2.11 bits per heavy atom. The number of hydrogen-bond acceptors (Lipinski definition) is 3. The van der Waals surface area contributed by atoms with E-state index in [2.05, 4.69) is 44.2 Å². The minimum absolute atomic E-state index is 0.233. The number of aromatic nitrogens is 2. The van der Waals surface area contributed by atoms with E-state index in [-0.39, 0.29) is 6.61 Å². The first-order valence-corrected chi connectivity index (χ1v) is 6.96. The van der Waals surface area contributed by atoms with E-state index in [0.717, 1.165) is 25.1 Å². The summed E-state index contributed by atoms with van der Waals surface area (Å²) in [5.74, 6) is 0.522. The van der Waals surface area contributed by atoms with Gasteiger partial charge in [-0.25, -0.2) is 0 Å². The van der Waals surface area contributed by atoms with Crippen LogP contribution in [0.5, 0.6) is 0 Å². The van der Waals surface area contributed by atoms with Crippen LogP contribution in [-0.4, -0.2) is 27.5 Å². The molecule has 2 atom stereocenters. The molecule has 1 heterocycles. The Balaban J connectivity index is 2.49. The minimum atomic E-state index is 0.233. The van der Waals surface area contributed by atoms with Crippen molar-refractivity contribution in [1.29, 1.82) is 0 Å². The SMILES string of the molecule is CCC(C)n1ccc(CNC(CCO)C(C)C)n1. The van der Waals surface area contributed by atoms with Crippen molar-refractivity contribution in [2.75, 3.05) is 6.61 Å². The minimum Gasteiger partial charge on any atom is -0.396 e. The van der Waals surface area contributed by atoms with Crippen LogP contribution in [0.4, 0.5) is 0 Å². The topological polar surface area (TPSA) is 50.1 Å². The van der Waals surface area contributed by atoms with Gasteiger partial charge in [0.1, 0.15) is 0 Å². The molecule has 0 saturated carbocycles. The van der Waals surface area contributed by atoms with E-state index < -0.39 is 0 Å². The third kappa shape index (κ3) is 4.42. The summed E-state index contributed by atoms with van der Waals surface area (Å²) in [5.41, 5.74) is 1.07. The molecule has 0 aliphatic rings. The number of nitrogens with one attached hydrogen (secondary N) is 1. The maximum atomic E-state index is 9.03. The van der Waals surface area contributed by atoms with Gasteiger partial charge >= 0.3 is 0 Å². The van der Waals surface area contributed by atoms with E-state index in [1.807, 2.05) is 10.9 Å². The molecule has 4 nitrogen and oxygen atoms in total. The number of aliphatic hydroxyl groups excluding tert-OH is 1. The second kappa shape index (κ2) is 7.54. The predicted octanol–water partition coefficient (Wildman–Crippen LogP) is 2.35. The van der Waals surface area contributed by atoms with E-state index in [1.165, 1.54) is 0 Å². The molecule has 0 amide bonds. The Bertz CT molecular complexity index is 336. The van der Waals surface area contributed by atoms with Crippen LogP contribution in [0.1, 0.15) is 52.3 Å². The average Bonchev–Trinajstić information content (AvgIpc) is 2.81. The van der Waals surface area contributed by atoms with Crippen molar-refractivity contribution < 1.29 is 5.11 Å². The van der Waals surface area contributed by atoms with E-state index in [4.69, 9.17) is 5.11 Å². The Morgan fingerprint density at radius 1 is 1.39 bits per heavy atom. The van der Waals surface area contributed by atoms with Crippen molar-refractivity contribution in [3.05, 3.63) is 18.0 Å². The van der Waals surface area contributed by atoms with Crippen LogP contribution in [0.25, 0.3) is 0 Å². The summed E-state index contributed by atoms with van der Waals surface area (Å²) in [5, 5.41) is 17.1. The van der Waals surface area contributed by atoms with Crippen molar-refractivity contribution in [2.24, 2.45) is 5.92 Å². The molecule has 18 heavy (non-hydrogen) atoms. The molecular formula is C14H27N3O. The van der Waals surface area contributed by atoms with E-state index in [9.17, 15) is 0 Å². The first-order chi connectivity index (χ1) is 8.58. The molecule has 0 aromatic carbocycles. The smallest absolute Gasteiger partial charge is 0.0762 e. The van der Waals surface area contributed by atoms with Crippen molar-refractivity contribution in [1.82, 2.24) is 15.1 Å². The van der Waals surface area contributed by atoms with Gasteiger partial charge in [-0.2, -0.15) is 5.10 Å². The summed E-state index contributed by atoms with van der Waals surface area (Å²) >= 11 is 0. The highest BCUT2D eigenvalue weighted by Gasteiger charge is 2.12. The first kappa shape index (κ1) is 15.2. The van der Waals surface area contributed by atoms with Crippen LogP contribution in [0.3, 0.4) is 0 Å². The third-order valence-electron chi connectivity index (χ3n) is 3.50. The maximum absolute atomic E-state index is 9.03. The lowest BCUT2D eigenvalue weighted by Crippen LogP contribution is -2.34. The number of hydrogen-bond donors (Lipinski definition) is 2. The highest BCUT2D eigenvalue weighted by molar-refractivity contribution is 4.99. The molecule has 0 spiro atoms. The molecule has 0 fully saturated rings. The largest absolute Gasteiger partial charge is 0.396 e. The summed E-state index contributed by atoms with van der Waals surface area (Å²) < 4.78 is 2.02. The molecule has 0 bridgehead atoms. The van der Waals surface area contributed by atoms with Gasteiger partial charge in [-0.05, 0) is 31.7 Å². The molecule has 1 aromatic rings. The van der Waals surface area contributed by atoms with E-state index >= 15 is 0 Å². The Labute approximate surface area is 110 Å². The van der Waals surface area contributed by atoms with Gasteiger partial charge in [0.2, 0.25) is 0 Å². The molecule has 0 aliphatic heterocycles. The van der Waals surface area contributed by atoms with Crippen molar-refractivity contribution in [3.8, 4) is 0 Å². The standard InChI is InChI=1S/C14H27N3O/c1-5-12(4)17-8-6-13(16-17)10-15-14(7-9-18)11(2)3/h6,8,11-12,14-15,18H,5,7,9-10H2,1-4H3. The van der Waals surface area contributed by atoms with Crippen molar-refractivity contribution in [3.63, 3.8) is 0 Å². The molecule has 2 N–H and O–H groups in total. The highest BCUT2D eigenvalue weighted by Crippen LogP contribution is 2.10. The molecule has 2 unspecified atom stereocenters. The zero-order valence-corrected chi connectivity index (χ0v) is 12.1. The summed E-state index contributed by atoms with van der Waals surface area (Å²) in [7, 11) is 0. The lowest BCUT2D eigenvalue weighted by Gasteiger charge is -2.21. The number of aliphatic hydroxyl groups is 1. The Morgan fingerprint density at radius 3 is 2.67 bits per heavy atom. The van der Waals surface area contributed by atoms with Crippen molar-refractivity contribution in [2.45, 2.75) is 59.2 Å². The molecule has 4 heteroatoms. The molecule has 0 radical (unpaired) electrons. The molecular weight excluding hydrogens is 226 g/mol. The fraction of sp³-hybridized carbons (Fsp3) is 0.786. The maximum Gasteiger partial charge on any atom is 0.0762 e. The number of nitrogens with zero attached hydrogens (tertiary/aromatic N) is 2. The number of rotatable bonds is 8. The second-order valence-electron chi connectivity index (χ2n) is 5.29. The van der Waals surface area contributed by atoms with Crippen LogP contribution in [0, 0.1) is 5.92 Å². The molecule has 0 saturated heterocycles. The lowest BCUT2D eigenvalue weighted by atomic mass is 10.0. The summed E-state index contributed by atoms with van der Waals surface area (Å²) in [6, 6.07) is 2.87. The quantitative estimate of drug-likeness (QED) is 0.747. The third-order valence-corrected chi connectivity index (χ3v) is 3.50. The Kier molecular flexibility index (Phi) is 6.36. The van der Waals surface area contributed by atoms with Gasteiger partial charge in [0.05, 0.1) is 5.69 Å². The van der Waals surface area contributed by atoms with Gasteiger partial charge in [-0.15, -0.1) is 0 Å². The van der Waals surface area contributed by atoms with E-state index in [0.29, 0.717) is 18.0 Å². The summed E-state index contributed by atoms with van der Waals surface area (Å²) in [6.45, 7) is 9.69. The zero-order chi connectivity index (χ0) is 13.5. The van der Waals surface area contributed by atoms with Crippen molar-refractivity contribution >= 4 is 0 Å². The molecule has 104 valence electrons. The predicted molar refractivity (Wildman–Crippen MR) is 74.4 cm³/mol. The fourth-order valence-corrected chi connectivity index (χ4v) is 1.95. The normalized spacial score (nSPS) is 15.0. The van der Waals surface area contributed by atoms with Crippen LogP contribution < -0.4 is 5.32 Å². The Hall–Kier alpha value is -0.870. The first-order valence-electron chi connectivity index (χ1n) is 6.96. The van der Waals surface area contributed by atoms with Gasteiger partial charge < -0.3 is 10.4 Å². The summed E-state index contributed by atoms with van der Waals surface area (Å²) in [6.07, 6.45) is 3.93. The van der Waals surface area contributed by atoms with Crippen LogP contribution in [0.2, 0.25) is 0 Å². The monoisotopic (exact) mass is 253 g/mol. The van der Waals surface area contributed by atoms with Gasteiger partial charge in [0, 0.05) is 31.4 Å². The molecule has 1 rings (SSSR count). The van der Waals surface area contributed by atoms with Gasteiger partial charge in [0.25, 0.3) is 0 Å². The lowest BCUT2D eigenvalue weighted by molar-refractivity contribution is 0.243. The van der Waals surface area contributed by atoms with E-state index in [1.54, 1.807) is 0 Å². The highest BCUT2D eigenvalue weighted by atomic mass is 16.3. The van der Waals surface area contributed by atoms with Crippen LogP contribution in [0.15, 0.2) is 12.3 Å². The average molecular weight is 253 g/mol. The van der Waals surface area contributed by atoms with Gasteiger partial charge in [0.15, 0.2) is 0 Å². The molecule has 0 aliphatic carbocycles. The zero-order valence-electron chi connectivity index (χ0n) is 12.1. The van der Waals surface area contributed by atoms with Gasteiger partial charge in [-0.3, -0.25) is 4.68 Å². The van der Waals surface area contributed by atoms with Crippen LogP contribution in [-0.2, 0) is 6.54 Å². The van der Waals surface area contributed by atoms with Gasteiger partial charge in [-0.1, -0.05) is 20.8 Å². The summed E-state index contributed by atoms with van der Waals surface area (Å²) in [4.78, 5) is 0.